The van der Waals surface area contributed by atoms with Gasteiger partial charge in [0.15, 0.2) is 0 Å². The van der Waals surface area contributed by atoms with Crippen LogP contribution in [0.5, 0.6) is 0 Å². The molecule has 0 bridgehead atoms. The van der Waals surface area contributed by atoms with E-state index in [9.17, 15) is 30.3 Å². The smallest absolute Gasteiger partial charge is 0.134 e. The molecule has 5 N–H and O–H groups in total. The van der Waals surface area contributed by atoms with E-state index in [2.05, 4.69) is 10.3 Å². The predicted octanol–water partition coefficient (Wildman–Crippen LogP) is -1.89. The summed E-state index contributed by atoms with van der Waals surface area (Å²) in [6, 6.07) is 0. The van der Waals surface area contributed by atoms with E-state index >= 15 is 0 Å². The van der Waals surface area contributed by atoms with E-state index in [0.29, 0.717) is 25.0 Å². The van der Waals surface area contributed by atoms with E-state index < -0.39 is 24.0 Å². The molecule has 0 amide bonds. The minimum atomic E-state index is -1.13. The molecule has 1 heterocycles. The molecule has 0 aromatic carbocycles. The highest BCUT2D eigenvalue weighted by molar-refractivity contribution is 5.75. The van der Waals surface area contributed by atoms with Gasteiger partial charge in [0.1, 0.15) is 11.3 Å². The van der Waals surface area contributed by atoms with Crippen molar-refractivity contribution in [3.05, 3.63) is 11.9 Å². The standard InChI is InChI=1S/C19H35N3O8/c1-15(28)3-2-4-18-5-22(21-20-18)19(12-27,13-29-10-16(6-23)7-24)14-30-11-17(8-25)9-26/h5,16-17,23-27H,2-4,6-14H2,1H3. The lowest BCUT2D eigenvalue weighted by atomic mass is 10.0. The lowest BCUT2D eigenvalue weighted by Gasteiger charge is -2.32. The summed E-state index contributed by atoms with van der Waals surface area (Å²) in [4.78, 5) is 11.1. The highest BCUT2D eigenvalue weighted by Crippen LogP contribution is 2.19. The number of carbonyl (C=O) groups is 1. The molecule has 1 rings (SSSR count). The van der Waals surface area contributed by atoms with Crippen molar-refractivity contribution >= 4 is 5.78 Å². The molecule has 1 aromatic rings. The Morgan fingerprint density at radius 2 is 1.57 bits per heavy atom. The number of nitrogens with zero attached hydrogens (tertiary/aromatic N) is 3. The zero-order valence-corrected chi connectivity index (χ0v) is 17.5. The number of ketones is 1. The van der Waals surface area contributed by atoms with Gasteiger partial charge in [0, 0.05) is 24.5 Å². The Bertz CT molecular complexity index is 572. The number of hydrogen-bond donors (Lipinski definition) is 5. The zero-order chi connectivity index (χ0) is 22.4. The number of carbonyl (C=O) groups excluding carboxylic acids is 1. The highest BCUT2D eigenvalue weighted by atomic mass is 16.5. The largest absolute Gasteiger partial charge is 0.396 e. The van der Waals surface area contributed by atoms with E-state index in [0.717, 1.165) is 0 Å². The molecule has 0 aliphatic carbocycles. The van der Waals surface area contributed by atoms with Crippen molar-refractivity contribution in [3.63, 3.8) is 0 Å². The summed E-state index contributed by atoms with van der Waals surface area (Å²) in [6.07, 6.45) is 3.29. The average molecular weight is 434 g/mol. The van der Waals surface area contributed by atoms with Crippen LogP contribution in [0.2, 0.25) is 0 Å². The number of aromatic nitrogens is 3. The van der Waals surface area contributed by atoms with Crippen LogP contribution in [0, 0.1) is 11.8 Å². The van der Waals surface area contributed by atoms with Gasteiger partial charge in [0.05, 0.1) is 65.2 Å². The fourth-order valence-corrected chi connectivity index (χ4v) is 2.66. The van der Waals surface area contributed by atoms with Gasteiger partial charge in [-0.2, -0.15) is 0 Å². The van der Waals surface area contributed by atoms with Crippen LogP contribution in [0.3, 0.4) is 0 Å². The number of hydrogen-bond acceptors (Lipinski definition) is 10. The third kappa shape index (κ3) is 8.72. The Hall–Kier alpha value is -1.47. The minimum absolute atomic E-state index is 0.0286. The molecular formula is C19H35N3O8. The first-order valence-corrected chi connectivity index (χ1v) is 10.1. The number of aliphatic hydroxyl groups excluding tert-OH is 5. The summed E-state index contributed by atoms with van der Waals surface area (Å²) in [5.74, 6) is -0.805. The lowest BCUT2D eigenvalue weighted by molar-refractivity contribution is -0.117. The number of ether oxygens (including phenoxy) is 2. The third-order valence-corrected chi connectivity index (χ3v) is 4.76. The molecule has 1 aromatic heterocycles. The van der Waals surface area contributed by atoms with Crippen molar-refractivity contribution in [2.75, 3.05) is 59.5 Å². The van der Waals surface area contributed by atoms with Crippen molar-refractivity contribution in [1.29, 1.82) is 0 Å². The van der Waals surface area contributed by atoms with Crippen LogP contribution in [-0.2, 0) is 26.2 Å². The number of rotatable bonds is 18. The molecule has 11 nitrogen and oxygen atoms in total. The van der Waals surface area contributed by atoms with Crippen LogP contribution in [0.4, 0.5) is 0 Å². The fourth-order valence-electron chi connectivity index (χ4n) is 2.66. The SMILES string of the molecule is CC(=O)CCCc1cn(C(CO)(COCC(CO)CO)COCC(CO)CO)nn1. The Balaban J connectivity index is 2.88. The molecule has 30 heavy (non-hydrogen) atoms. The van der Waals surface area contributed by atoms with E-state index in [1.54, 1.807) is 6.20 Å². The third-order valence-electron chi connectivity index (χ3n) is 4.76. The van der Waals surface area contributed by atoms with Gasteiger partial charge in [-0.15, -0.1) is 5.10 Å². The maximum Gasteiger partial charge on any atom is 0.134 e. The molecule has 0 aliphatic heterocycles. The Kier molecular flexibility index (Phi) is 12.9. The minimum Gasteiger partial charge on any atom is -0.396 e. The lowest BCUT2D eigenvalue weighted by Crippen LogP contribution is -2.47. The summed E-state index contributed by atoms with van der Waals surface area (Å²) >= 11 is 0. The maximum atomic E-state index is 11.1. The molecule has 0 aliphatic rings. The van der Waals surface area contributed by atoms with Gasteiger partial charge in [0.25, 0.3) is 0 Å². The van der Waals surface area contributed by atoms with E-state index in [4.69, 9.17) is 9.47 Å². The summed E-state index contributed by atoms with van der Waals surface area (Å²) in [5, 5.41) is 55.1. The van der Waals surface area contributed by atoms with Crippen LogP contribution < -0.4 is 0 Å². The predicted molar refractivity (Wildman–Crippen MR) is 106 cm³/mol. The molecule has 0 fully saturated rings. The van der Waals surface area contributed by atoms with Crippen molar-refractivity contribution < 1.29 is 39.8 Å². The van der Waals surface area contributed by atoms with Crippen LogP contribution in [0.25, 0.3) is 0 Å². The van der Waals surface area contributed by atoms with Gasteiger partial charge >= 0.3 is 0 Å². The number of aliphatic hydroxyl groups is 5. The van der Waals surface area contributed by atoms with Crippen molar-refractivity contribution in [2.45, 2.75) is 31.7 Å². The second-order valence-corrected chi connectivity index (χ2v) is 7.59. The summed E-state index contributed by atoms with van der Waals surface area (Å²) in [6.45, 7) is 0.271. The van der Waals surface area contributed by atoms with Crippen LogP contribution in [-0.4, -0.2) is 106 Å². The van der Waals surface area contributed by atoms with E-state index in [-0.39, 0.29) is 58.6 Å². The molecule has 0 unspecified atom stereocenters. The first-order valence-electron chi connectivity index (χ1n) is 10.1. The average Bonchev–Trinajstić information content (AvgIpc) is 3.22. The van der Waals surface area contributed by atoms with Gasteiger partial charge in [-0.3, -0.25) is 0 Å². The highest BCUT2D eigenvalue weighted by Gasteiger charge is 2.35. The van der Waals surface area contributed by atoms with Gasteiger partial charge in [-0.25, -0.2) is 4.68 Å². The van der Waals surface area contributed by atoms with Gasteiger partial charge in [0.2, 0.25) is 0 Å². The maximum absolute atomic E-state index is 11.1. The quantitative estimate of drug-likeness (QED) is 0.177. The molecule has 11 heteroatoms. The Labute approximate surface area is 176 Å². The van der Waals surface area contributed by atoms with Gasteiger partial charge in [-0.1, -0.05) is 5.21 Å². The van der Waals surface area contributed by atoms with E-state index in [1.165, 1.54) is 11.6 Å². The van der Waals surface area contributed by atoms with Crippen molar-refractivity contribution in [1.82, 2.24) is 15.0 Å². The Morgan fingerprint density at radius 3 is 2.00 bits per heavy atom. The molecule has 0 saturated heterocycles. The molecule has 0 atom stereocenters. The van der Waals surface area contributed by atoms with Crippen LogP contribution >= 0.6 is 0 Å². The fraction of sp³-hybridized carbons (Fsp3) is 0.842. The van der Waals surface area contributed by atoms with Crippen LogP contribution in [0.15, 0.2) is 6.20 Å². The second kappa shape index (κ2) is 14.5. The molecular weight excluding hydrogens is 398 g/mol. The first-order chi connectivity index (χ1) is 14.4. The van der Waals surface area contributed by atoms with Crippen molar-refractivity contribution in [3.8, 4) is 0 Å². The molecule has 0 spiro atoms. The van der Waals surface area contributed by atoms with Gasteiger partial charge in [-0.05, 0) is 19.8 Å². The van der Waals surface area contributed by atoms with Gasteiger partial charge < -0.3 is 39.8 Å². The van der Waals surface area contributed by atoms with Crippen molar-refractivity contribution in [2.24, 2.45) is 11.8 Å². The zero-order valence-electron chi connectivity index (χ0n) is 17.5. The molecule has 0 radical (unpaired) electrons. The number of Topliss-reactive ketones (excluding diaryl/α,β-unsaturated/α-hetero) is 1. The summed E-state index contributed by atoms with van der Waals surface area (Å²) in [5.41, 5.74) is -0.474. The second-order valence-electron chi connectivity index (χ2n) is 7.59. The first kappa shape index (κ1) is 26.6. The summed E-state index contributed by atoms with van der Waals surface area (Å²) in [7, 11) is 0. The Morgan fingerprint density at radius 1 is 1.03 bits per heavy atom. The van der Waals surface area contributed by atoms with E-state index in [1.807, 2.05) is 0 Å². The topological polar surface area (TPSA) is 167 Å². The molecule has 174 valence electrons. The number of aryl methyl sites for hydroxylation is 1. The summed E-state index contributed by atoms with van der Waals surface area (Å²) < 4.78 is 12.7. The normalized spacial score (nSPS) is 12.3. The molecule has 0 saturated carbocycles. The monoisotopic (exact) mass is 433 g/mol. The van der Waals surface area contributed by atoms with Crippen LogP contribution in [0.1, 0.15) is 25.5 Å².